The van der Waals surface area contributed by atoms with E-state index in [-0.39, 0.29) is 11.8 Å². The zero-order valence-electron chi connectivity index (χ0n) is 12.2. The van der Waals surface area contributed by atoms with Crippen LogP contribution in [0.3, 0.4) is 0 Å². The Bertz CT molecular complexity index is 338. The molecule has 1 amide bonds. The Hall–Kier alpha value is -1.10. The van der Waals surface area contributed by atoms with Gasteiger partial charge in [-0.05, 0) is 32.2 Å². The molecule has 1 atom stereocenters. The Morgan fingerprint density at radius 1 is 0.950 bits per heavy atom. The minimum absolute atomic E-state index is 0.179. The second-order valence-electron chi connectivity index (χ2n) is 6.06. The Labute approximate surface area is 120 Å². The zero-order valence-corrected chi connectivity index (χ0v) is 12.2. The third kappa shape index (κ3) is 4.47. The van der Waals surface area contributed by atoms with Gasteiger partial charge in [0.1, 0.15) is 0 Å². The predicted octanol–water partition coefficient (Wildman–Crippen LogP) is 1.58. The van der Waals surface area contributed by atoms with Crippen molar-refractivity contribution in [3.8, 4) is 0 Å². The minimum Gasteiger partial charge on any atom is -0.481 e. The lowest BCUT2D eigenvalue weighted by Gasteiger charge is -2.32. The summed E-state index contributed by atoms with van der Waals surface area (Å²) in [5.41, 5.74) is 0. The maximum atomic E-state index is 12.3. The van der Waals surface area contributed by atoms with Gasteiger partial charge in [0.05, 0.1) is 12.5 Å². The first-order chi connectivity index (χ1) is 9.66. The van der Waals surface area contributed by atoms with E-state index in [1.165, 1.54) is 19.3 Å². The van der Waals surface area contributed by atoms with E-state index in [1.54, 1.807) is 0 Å². The van der Waals surface area contributed by atoms with Crippen molar-refractivity contribution in [3.63, 3.8) is 0 Å². The highest BCUT2D eigenvalue weighted by atomic mass is 16.4. The van der Waals surface area contributed by atoms with E-state index in [0.717, 1.165) is 45.3 Å². The van der Waals surface area contributed by atoms with Crippen molar-refractivity contribution in [1.82, 2.24) is 9.80 Å². The summed E-state index contributed by atoms with van der Waals surface area (Å²) >= 11 is 0. The maximum absolute atomic E-state index is 12.3. The standard InChI is InChI=1S/C15H26N2O3/c18-14(17-9-4-2-1-3-5-10-17)12-16-8-6-7-13(11-16)15(19)20/h13H,1-12H2,(H,19,20). The van der Waals surface area contributed by atoms with Crippen molar-refractivity contribution in [2.45, 2.75) is 44.9 Å². The number of hydrogen-bond acceptors (Lipinski definition) is 3. The second kappa shape index (κ2) is 7.62. The summed E-state index contributed by atoms with van der Waals surface area (Å²) in [6.07, 6.45) is 7.54. The van der Waals surface area contributed by atoms with Gasteiger partial charge in [0.2, 0.25) is 5.91 Å². The van der Waals surface area contributed by atoms with Crippen molar-refractivity contribution in [2.75, 3.05) is 32.7 Å². The Morgan fingerprint density at radius 2 is 1.60 bits per heavy atom. The number of carbonyl (C=O) groups is 2. The van der Waals surface area contributed by atoms with E-state index in [9.17, 15) is 9.59 Å². The molecule has 1 unspecified atom stereocenters. The molecule has 0 saturated carbocycles. The Balaban J connectivity index is 1.81. The average Bonchev–Trinajstić information content (AvgIpc) is 2.38. The molecule has 2 aliphatic heterocycles. The monoisotopic (exact) mass is 282 g/mol. The minimum atomic E-state index is -0.728. The molecule has 0 radical (unpaired) electrons. The molecule has 0 aromatic carbocycles. The third-order valence-corrected chi connectivity index (χ3v) is 4.42. The molecule has 2 heterocycles. The van der Waals surface area contributed by atoms with Crippen molar-refractivity contribution in [2.24, 2.45) is 5.92 Å². The van der Waals surface area contributed by atoms with Gasteiger partial charge >= 0.3 is 5.97 Å². The molecule has 1 N–H and O–H groups in total. The van der Waals surface area contributed by atoms with E-state index in [4.69, 9.17) is 5.11 Å². The van der Waals surface area contributed by atoms with Crippen molar-refractivity contribution < 1.29 is 14.7 Å². The number of carboxylic acid groups (broad SMARTS) is 1. The lowest BCUT2D eigenvalue weighted by atomic mass is 9.98. The molecular weight excluding hydrogens is 256 g/mol. The molecule has 0 aromatic heterocycles. The predicted molar refractivity (Wildman–Crippen MR) is 76.5 cm³/mol. The first-order valence-corrected chi connectivity index (χ1v) is 7.90. The molecule has 0 aliphatic carbocycles. The number of piperidine rings is 1. The van der Waals surface area contributed by atoms with Gasteiger partial charge < -0.3 is 10.0 Å². The normalized spacial score (nSPS) is 25.8. The van der Waals surface area contributed by atoms with E-state index in [1.807, 2.05) is 9.80 Å². The van der Waals surface area contributed by atoms with Crippen LogP contribution in [-0.4, -0.2) is 59.5 Å². The van der Waals surface area contributed by atoms with Crippen LogP contribution in [0.4, 0.5) is 0 Å². The van der Waals surface area contributed by atoms with Gasteiger partial charge in [-0.1, -0.05) is 19.3 Å². The van der Waals surface area contributed by atoms with E-state index < -0.39 is 5.97 Å². The smallest absolute Gasteiger partial charge is 0.307 e. The van der Waals surface area contributed by atoms with Crippen LogP contribution in [0.2, 0.25) is 0 Å². The van der Waals surface area contributed by atoms with Gasteiger partial charge in [0.25, 0.3) is 0 Å². The number of carbonyl (C=O) groups excluding carboxylic acids is 1. The maximum Gasteiger partial charge on any atom is 0.307 e. The van der Waals surface area contributed by atoms with E-state index in [0.29, 0.717) is 13.1 Å². The number of carboxylic acids is 1. The van der Waals surface area contributed by atoms with E-state index in [2.05, 4.69) is 0 Å². The number of aliphatic carboxylic acids is 1. The molecule has 2 aliphatic rings. The van der Waals surface area contributed by atoms with Crippen LogP contribution in [0.15, 0.2) is 0 Å². The SMILES string of the molecule is O=C(O)C1CCCN(CC(=O)N2CCCCCCC2)C1. The molecule has 0 aromatic rings. The number of hydrogen-bond donors (Lipinski definition) is 1. The quantitative estimate of drug-likeness (QED) is 0.853. The van der Waals surface area contributed by atoms with Crippen molar-refractivity contribution in [1.29, 1.82) is 0 Å². The van der Waals surface area contributed by atoms with Crippen molar-refractivity contribution in [3.05, 3.63) is 0 Å². The van der Waals surface area contributed by atoms with Crippen LogP contribution in [0.5, 0.6) is 0 Å². The largest absolute Gasteiger partial charge is 0.481 e. The van der Waals surface area contributed by atoms with Crippen LogP contribution in [-0.2, 0) is 9.59 Å². The van der Waals surface area contributed by atoms with Gasteiger partial charge in [-0.15, -0.1) is 0 Å². The lowest BCUT2D eigenvalue weighted by Crippen LogP contribution is -2.46. The molecule has 2 fully saturated rings. The number of rotatable bonds is 3. The Morgan fingerprint density at radius 3 is 2.25 bits per heavy atom. The molecule has 0 bridgehead atoms. The fourth-order valence-electron chi connectivity index (χ4n) is 3.19. The first kappa shape index (κ1) is 15.3. The number of amides is 1. The fourth-order valence-corrected chi connectivity index (χ4v) is 3.19. The van der Waals surface area contributed by atoms with E-state index >= 15 is 0 Å². The molecular formula is C15H26N2O3. The number of likely N-dealkylation sites (tertiary alicyclic amines) is 2. The van der Waals surface area contributed by atoms with Gasteiger partial charge in [-0.2, -0.15) is 0 Å². The summed E-state index contributed by atoms with van der Waals surface area (Å²) in [6.45, 7) is 3.51. The summed E-state index contributed by atoms with van der Waals surface area (Å²) < 4.78 is 0. The third-order valence-electron chi connectivity index (χ3n) is 4.42. The molecule has 2 saturated heterocycles. The highest BCUT2D eigenvalue weighted by Gasteiger charge is 2.27. The summed E-state index contributed by atoms with van der Waals surface area (Å²) in [5, 5.41) is 9.09. The van der Waals surface area contributed by atoms with Crippen LogP contribution in [0.25, 0.3) is 0 Å². The summed E-state index contributed by atoms with van der Waals surface area (Å²) in [6, 6.07) is 0. The van der Waals surface area contributed by atoms with Crippen LogP contribution >= 0.6 is 0 Å². The first-order valence-electron chi connectivity index (χ1n) is 7.90. The lowest BCUT2D eigenvalue weighted by molar-refractivity contribution is -0.145. The van der Waals surface area contributed by atoms with Crippen LogP contribution in [0, 0.1) is 5.92 Å². The highest BCUT2D eigenvalue weighted by molar-refractivity contribution is 5.78. The summed E-state index contributed by atoms with van der Waals surface area (Å²) in [4.78, 5) is 27.4. The molecule has 5 nitrogen and oxygen atoms in total. The second-order valence-corrected chi connectivity index (χ2v) is 6.06. The van der Waals surface area contributed by atoms with Crippen LogP contribution in [0.1, 0.15) is 44.9 Å². The topological polar surface area (TPSA) is 60.9 Å². The summed E-state index contributed by atoms with van der Waals surface area (Å²) in [5.74, 6) is -0.852. The van der Waals surface area contributed by atoms with Gasteiger partial charge in [-0.3, -0.25) is 14.5 Å². The fraction of sp³-hybridized carbons (Fsp3) is 0.867. The molecule has 20 heavy (non-hydrogen) atoms. The average molecular weight is 282 g/mol. The van der Waals surface area contributed by atoms with Gasteiger partial charge in [0, 0.05) is 19.6 Å². The van der Waals surface area contributed by atoms with Gasteiger partial charge in [0.15, 0.2) is 0 Å². The number of nitrogens with zero attached hydrogens (tertiary/aromatic N) is 2. The molecule has 2 rings (SSSR count). The molecule has 114 valence electrons. The zero-order chi connectivity index (χ0) is 14.4. The van der Waals surface area contributed by atoms with Crippen LogP contribution < -0.4 is 0 Å². The highest BCUT2D eigenvalue weighted by Crippen LogP contribution is 2.17. The Kier molecular flexibility index (Phi) is 5.83. The van der Waals surface area contributed by atoms with Gasteiger partial charge in [-0.25, -0.2) is 0 Å². The molecule has 5 heteroatoms. The summed E-state index contributed by atoms with van der Waals surface area (Å²) in [7, 11) is 0. The molecule has 0 spiro atoms. The van der Waals surface area contributed by atoms with Crippen molar-refractivity contribution >= 4 is 11.9 Å².